The summed E-state index contributed by atoms with van der Waals surface area (Å²) in [4.78, 5) is 52.3. The first kappa shape index (κ1) is 31.0. The Balaban J connectivity index is 1.93. The van der Waals surface area contributed by atoms with Crippen molar-refractivity contribution in [1.29, 1.82) is 0 Å². The highest BCUT2D eigenvalue weighted by Gasteiger charge is 2.35. The van der Waals surface area contributed by atoms with Crippen molar-refractivity contribution in [3.63, 3.8) is 0 Å². The Morgan fingerprint density at radius 3 is 1.04 bits per heavy atom. The molecule has 0 saturated heterocycles. The summed E-state index contributed by atoms with van der Waals surface area (Å²) in [5, 5.41) is 20.1. The molecule has 5 rings (SSSR count). The molecule has 0 aliphatic heterocycles. The fourth-order valence-electron chi connectivity index (χ4n) is 4.57. The number of benzene rings is 5. The van der Waals surface area contributed by atoms with E-state index in [1.54, 1.807) is 36.4 Å². The van der Waals surface area contributed by atoms with Crippen molar-refractivity contribution in [2.24, 2.45) is 0 Å². The van der Waals surface area contributed by atoms with E-state index in [2.05, 4.69) is 0 Å². The minimum absolute atomic E-state index is 0.0998. The molecule has 10 nitrogen and oxygen atoms in total. The Kier molecular flexibility index (Phi) is 9.09. The smallest absolute Gasteiger partial charge is 0.343 e. The van der Waals surface area contributed by atoms with Crippen molar-refractivity contribution < 1.29 is 48.3 Å². The number of carbonyl (C=O) groups excluding carboxylic acids is 4. The van der Waals surface area contributed by atoms with Crippen molar-refractivity contribution in [3.8, 4) is 56.8 Å². The second-order valence-electron chi connectivity index (χ2n) is 9.86. The van der Waals surface area contributed by atoms with Gasteiger partial charge in [0.15, 0.2) is 23.0 Å². The monoisotopic (exact) mass is 618 g/mol. The maximum Gasteiger partial charge on any atom is 0.343 e. The quantitative estimate of drug-likeness (QED) is 0.142. The first-order chi connectivity index (χ1) is 22.1. The zero-order valence-electron chi connectivity index (χ0n) is 24.6. The summed E-state index contributed by atoms with van der Waals surface area (Å²) in [5.74, 6) is -4.96. The number of phenolic OH excluding ortho intramolecular Hbond substituents is 2. The normalized spacial score (nSPS) is 10.5. The fraction of sp³-hybridized carbons (Fsp3) is 0.0556. The van der Waals surface area contributed by atoms with Crippen LogP contribution in [0.4, 0.5) is 0 Å². The van der Waals surface area contributed by atoms with E-state index >= 15 is 0 Å². The van der Waals surface area contributed by atoms with Gasteiger partial charge >= 0.3 is 23.9 Å². The number of hydrogen-bond acceptors (Lipinski definition) is 10. The van der Waals surface area contributed by atoms with Crippen LogP contribution in [-0.4, -0.2) is 34.1 Å². The second-order valence-corrected chi connectivity index (χ2v) is 9.86. The Bertz CT molecular complexity index is 1770. The van der Waals surface area contributed by atoms with Gasteiger partial charge in [0.05, 0.1) is 22.3 Å². The number of ether oxygens (including phenoxy) is 4. The van der Waals surface area contributed by atoms with E-state index in [9.17, 15) is 29.4 Å². The summed E-state index contributed by atoms with van der Waals surface area (Å²) in [6.07, 6.45) is 0. The van der Waals surface area contributed by atoms with Crippen molar-refractivity contribution in [2.75, 3.05) is 0 Å². The predicted octanol–water partition coefficient (Wildman–Crippen LogP) is 6.72. The van der Waals surface area contributed by atoms with Crippen LogP contribution < -0.4 is 18.9 Å². The third-order valence-electron chi connectivity index (χ3n) is 6.53. The van der Waals surface area contributed by atoms with Gasteiger partial charge in [-0.2, -0.15) is 0 Å². The SMILES string of the molecule is CC(=O)Oc1c(OC(=O)c2ccccc2)c(-c2ccc(O)cc2)c(OC(C)=O)c(OC(=O)c2ccccc2)c1-c1ccc(O)cc1. The summed E-state index contributed by atoms with van der Waals surface area (Å²) in [6, 6.07) is 27.1. The van der Waals surface area contributed by atoms with E-state index in [0.717, 1.165) is 13.8 Å². The molecule has 0 radical (unpaired) electrons. The van der Waals surface area contributed by atoms with Crippen LogP contribution in [0.1, 0.15) is 34.6 Å². The molecule has 230 valence electrons. The molecule has 0 heterocycles. The Morgan fingerprint density at radius 1 is 0.435 bits per heavy atom. The topological polar surface area (TPSA) is 146 Å². The van der Waals surface area contributed by atoms with Crippen LogP contribution in [0.3, 0.4) is 0 Å². The molecule has 0 aliphatic rings. The van der Waals surface area contributed by atoms with Crippen molar-refractivity contribution in [1.82, 2.24) is 0 Å². The van der Waals surface area contributed by atoms with Crippen LogP contribution in [0, 0.1) is 0 Å². The molecule has 5 aromatic rings. The van der Waals surface area contributed by atoms with Gasteiger partial charge in [0.25, 0.3) is 0 Å². The van der Waals surface area contributed by atoms with Crippen molar-refractivity contribution in [3.05, 3.63) is 120 Å². The van der Waals surface area contributed by atoms with E-state index in [1.807, 2.05) is 0 Å². The van der Waals surface area contributed by atoms with Crippen LogP contribution >= 0.6 is 0 Å². The average molecular weight is 619 g/mol. The lowest BCUT2D eigenvalue weighted by Gasteiger charge is -2.24. The Labute approximate surface area is 263 Å². The fourth-order valence-corrected chi connectivity index (χ4v) is 4.57. The molecule has 0 amide bonds. The zero-order chi connectivity index (χ0) is 32.8. The van der Waals surface area contributed by atoms with Crippen LogP contribution in [0.5, 0.6) is 34.5 Å². The maximum atomic E-state index is 13.5. The molecule has 0 spiro atoms. The van der Waals surface area contributed by atoms with Crippen LogP contribution in [0.25, 0.3) is 22.3 Å². The highest BCUT2D eigenvalue weighted by molar-refractivity contribution is 6.01. The van der Waals surface area contributed by atoms with Crippen LogP contribution in [0.15, 0.2) is 109 Å². The van der Waals surface area contributed by atoms with E-state index in [-0.39, 0.29) is 67.9 Å². The molecule has 0 aliphatic carbocycles. The van der Waals surface area contributed by atoms with Crippen molar-refractivity contribution >= 4 is 23.9 Å². The molecule has 0 unspecified atom stereocenters. The summed E-state index contributed by atoms with van der Waals surface area (Å²) < 4.78 is 23.3. The van der Waals surface area contributed by atoms with E-state index in [0.29, 0.717) is 0 Å². The maximum absolute atomic E-state index is 13.5. The summed E-state index contributed by atoms with van der Waals surface area (Å²) in [6.45, 7) is 2.25. The van der Waals surface area contributed by atoms with Gasteiger partial charge in [0, 0.05) is 13.8 Å². The third kappa shape index (κ3) is 6.87. The van der Waals surface area contributed by atoms with Gasteiger partial charge in [-0.1, -0.05) is 60.7 Å². The van der Waals surface area contributed by atoms with Crippen LogP contribution in [0.2, 0.25) is 0 Å². The minimum atomic E-state index is -0.853. The minimum Gasteiger partial charge on any atom is -0.508 e. The second kappa shape index (κ2) is 13.5. The molecule has 0 fully saturated rings. The number of rotatable bonds is 8. The van der Waals surface area contributed by atoms with Gasteiger partial charge in [-0.05, 0) is 59.7 Å². The molecule has 0 bridgehead atoms. The first-order valence-electron chi connectivity index (χ1n) is 13.9. The zero-order valence-corrected chi connectivity index (χ0v) is 24.6. The number of aromatic hydroxyl groups is 2. The lowest BCUT2D eigenvalue weighted by molar-refractivity contribution is -0.133. The highest BCUT2D eigenvalue weighted by Crippen LogP contribution is 2.57. The summed E-state index contributed by atoms with van der Waals surface area (Å²) >= 11 is 0. The van der Waals surface area contributed by atoms with Gasteiger partial charge in [-0.3, -0.25) is 9.59 Å². The molecule has 10 heteroatoms. The highest BCUT2D eigenvalue weighted by atomic mass is 16.6. The molecule has 5 aromatic carbocycles. The third-order valence-corrected chi connectivity index (χ3v) is 6.53. The van der Waals surface area contributed by atoms with Gasteiger partial charge in [0.1, 0.15) is 11.5 Å². The lowest BCUT2D eigenvalue weighted by Crippen LogP contribution is -2.16. The summed E-state index contributed by atoms with van der Waals surface area (Å²) in [5.41, 5.74) is 0.545. The number of esters is 4. The van der Waals surface area contributed by atoms with Crippen molar-refractivity contribution in [2.45, 2.75) is 13.8 Å². The lowest BCUT2D eigenvalue weighted by atomic mass is 9.94. The molecule has 0 atom stereocenters. The van der Waals surface area contributed by atoms with Crippen LogP contribution in [-0.2, 0) is 9.59 Å². The number of hydrogen-bond donors (Lipinski definition) is 2. The van der Waals surface area contributed by atoms with E-state index in [4.69, 9.17) is 18.9 Å². The Morgan fingerprint density at radius 2 is 0.739 bits per heavy atom. The first-order valence-corrected chi connectivity index (χ1v) is 13.9. The molecular weight excluding hydrogens is 592 g/mol. The largest absolute Gasteiger partial charge is 0.508 e. The van der Waals surface area contributed by atoms with E-state index in [1.165, 1.54) is 72.8 Å². The molecule has 46 heavy (non-hydrogen) atoms. The average Bonchev–Trinajstić information content (AvgIpc) is 3.04. The van der Waals surface area contributed by atoms with Gasteiger partial charge in [-0.15, -0.1) is 0 Å². The summed E-state index contributed by atoms with van der Waals surface area (Å²) in [7, 11) is 0. The molecular formula is C36H26O10. The Hall–Kier alpha value is -6.42. The van der Waals surface area contributed by atoms with Gasteiger partial charge in [-0.25, -0.2) is 9.59 Å². The molecule has 0 aromatic heterocycles. The predicted molar refractivity (Wildman–Crippen MR) is 166 cm³/mol. The van der Waals surface area contributed by atoms with E-state index < -0.39 is 23.9 Å². The molecule has 2 N–H and O–H groups in total. The number of phenols is 2. The molecule has 0 saturated carbocycles. The van der Waals surface area contributed by atoms with Gasteiger partial charge in [0.2, 0.25) is 0 Å². The standard InChI is InChI=1S/C36H26O10/c1-21(37)43-31-29(23-13-17-27(39)18-14-23)34(46-36(42)26-11-7-4-8-12-26)32(44-22(2)38)30(24-15-19-28(40)20-16-24)33(31)45-35(41)25-9-5-3-6-10-25/h3-20,39-40H,1-2H3. The number of carbonyl (C=O) groups is 4. The van der Waals surface area contributed by atoms with Gasteiger partial charge < -0.3 is 29.2 Å².